The zero-order chi connectivity index (χ0) is 19.1. The van der Waals surface area contributed by atoms with Crippen molar-refractivity contribution in [2.75, 3.05) is 6.54 Å². The second kappa shape index (κ2) is 9.36. The topological polar surface area (TPSA) is 41.1 Å². The molecule has 1 atom stereocenters. The highest BCUT2D eigenvalue weighted by atomic mass is 35.5. The summed E-state index contributed by atoms with van der Waals surface area (Å²) in [5.41, 5.74) is 3.15. The lowest BCUT2D eigenvalue weighted by Crippen LogP contribution is -2.37. The molecule has 0 aromatic heterocycles. The predicted octanol–water partition coefficient (Wildman–Crippen LogP) is 4.90. The van der Waals surface area contributed by atoms with Gasteiger partial charge in [-0.05, 0) is 29.7 Å². The van der Waals surface area contributed by atoms with Gasteiger partial charge in [0.05, 0.1) is 18.6 Å². The second-order valence-electron chi connectivity index (χ2n) is 6.45. The number of halogens is 1. The maximum absolute atomic E-state index is 12.5. The van der Waals surface area contributed by atoms with E-state index < -0.39 is 0 Å². The Kier molecular flexibility index (Phi) is 6.64. The van der Waals surface area contributed by atoms with Gasteiger partial charge in [0.2, 0.25) is 5.91 Å². The molecular weight excluding hydrogens is 356 g/mol. The lowest BCUT2D eigenvalue weighted by atomic mass is 9.99. The molecule has 2 N–H and O–H groups in total. The highest BCUT2D eigenvalue weighted by Crippen LogP contribution is 2.23. The first-order valence-corrected chi connectivity index (χ1v) is 9.40. The van der Waals surface area contributed by atoms with Crippen LogP contribution >= 0.6 is 11.6 Å². The summed E-state index contributed by atoms with van der Waals surface area (Å²) in [4.78, 5) is 12.5. The van der Waals surface area contributed by atoms with Crippen LogP contribution < -0.4 is 10.6 Å². The molecule has 0 radical (unpaired) electrons. The van der Waals surface area contributed by atoms with E-state index in [1.165, 1.54) is 0 Å². The van der Waals surface area contributed by atoms with Crippen molar-refractivity contribution in [3.8, 4) is 0 Å². The van der Waals surface area contributed by atoms with Crippen molar-refractivity contribution in [3.05, 3.63) is 107 Å². The van der Waals surface area contributed by atoms with E-state index in [1.54, 1.807) is 0 Å². The molecule has 1 amide bonds. The lowest BCUT2D eigenvalue weighted by Gasteiger charge is -2.21. The van der Waals surface area contributed by atoms with Crippen LogP contribution in [0, 0.1) is 0 Å². The second-order valence-corrected chi connectivity index (χ2v) is 6.85. The molecule has 3 nitrogen and oxygen atoms in total. The quantitative estimate of drug-likeness (QED) is 0.614. The van der Waals surface area contributed by atoms with Crippen LogP contribution in [0.4, 0.5) is 0 Å². The zero-order valence-electron chi connectivity index (χ0n) is 15.2. The van der Waals surface area contributed by atoms with Crippen molar-refractivity contribution in [3.63, 3.8) is 0 Å². The highest BCUT2D eigenvalue weighted by Gasteiger charge is 2.16. The molecule has 4 heteroatoms. The van der Waals surface area contributed by atoms with Gasteiger partial charge in [0, 0.05) is 5.02 Å². The number of rotatable bonds is 7. The third kappa shape index (κ3) is 5.19. The van der Waals surface area contributed by atoms with Crippen molar-refractivity contribution in [2.24, 2.45) is 0 Å². The molecule has 3 aromatic rings. The average Bonchev–Trinajstić information content (AvgIpc) is 2.70. The van der Waals surface area contributed by atoms with E-state index in [-0.39, 0.29) is 24.5 Å². The summed E-state index contributed by atoms with van der Waals surface area (Å²) in [6, 6.07) is 27.6. The molecule has 0 saturated heterocycles. The Hall–Kier alpha value is -2.62. The van der Waals surface area contributed by atoms with Gasteiger partial charge in [-0.25, -0.2) is 0 Å². The molecule has 0 heterocycles. The van der Waals surface area contributed by atoms with Gasteiger partial charge in [-0.15, -0.1) is 0 Å². The molecular formula is C23H23ClN2O. The number of carbonyl (C=O) groups is 1. The zero-order valence-corrected chi connectivity index (χ0v) is 16.0. The molecule has 0 bridgehead atoms. The first-order valence-electron chi connectivity index (χ1n) is 9.02. The largest absolute Gasteiger partial charge is 0.348 e. The molecule has 0 fully saturated rings. The lowest BCUT2D eigenvalue weighted by molar-refractivity contribution is -0.121. The van der Waals surface area contributed by atoms with Crippen LogP contribution in [0.3, 0.4) is 0 Å². The van der Waals surface area contributed by atoms with Gasteiger partial charge in [0.1, 0.15) is 0 Å². The molecule has 1 unspecified atom stereocenters. The van der Waals surface area contributed by atoms with E-state index in [0.29, 0.717) is 5.02 Å². The maximum atomic E-state index is 12.5. The number of amides is 1. The van der Waals surface area contributed by atoms with Crippen LogP contribution in [0.5, 0.6) is 0 Å². The smallest absolute Gasteiger partial charge is 0.234 e. The molecule has 0 spiro atoms. The molecule has 3 aromatic carbocycles. The Morgan fingerprint density at radius 1 is 0.852 bits per heavy atom. The normalized spacial score (nSPS) is 12.0. The fraction of sp³-hybridized carbons (Fsp3) is 0.174. The van der Waals surface area contributed by atoms with E-state index >= 15 is 0 Å². The van der Waals surface area contributed by atoms with Gasteiger partial charge in [0.25, 0.3) is 0 Å². The molecule has 0 aliphatic carbocycles. The summed E-state index contributed by atoms with van der Waals surface area (Å²) in [5, 5.41) is 7.05. The molecule has 3 rings (SSSR count). The van der Waals surface area contributed by atoms with Crippen LogP contribution in [0.1, 0.15) is 35.7 Å². The Morgan fingerprint density at radius 3 is 1.93 bits per heavy atom. The first kappa shape index (κ1) is 19.2. The van der Waals surface area contributed by atoms with Gasteiger partial charge >= 0.3 is 0 Å². The summed E-state index contributed by atoms with van der Waals surface area (Å²) in [6.45, 7) is 2.15. The first-order chi connectivity index (χ1) is 13.1. The molecule has 0 aliphatic rings. The minimum Gasteiger partial charge on any atom is -0.348 e. The van der Waals surface area contributed by atoms with E-state index in [9.17, 15) is 4.79 Å². The van der Waals surface area contributed by atoms with Gasteiger partial charge in [0.15, 0.2) is 0 Å². The fourth-order valence-corrected chi connectivity index (χ4v) is 3.41. The van der Waals surface area contributed by atoms with Crippen molar-refractivity contribution in [2.45, 2.75) is 19.0 Å². The SMILES string of the molecule is CC(NC(=O)CNC(c1ccccc1)c1ccccc1)c1ccccc1Cl. The standard InChI is InChI=1S/C23H23ClN2O/c1-17(20-14-8-9-15-21(20)24)26-22(27)16-25-23(18-10-4-2-5-11-18)19-12-6-3-7-13-19/h2-15,17,23,25H,16H2,1H3,(H,26,27). The third-order valence-electron chi connectivity index (χ3n) is 4.48. The summed E-state index contributed by atoms with van der Waals surface area (Å²) in [6.07, 6.45) is 0. The number of carbonyl (C=O) groups excluding carboxylic acids is 1. The van der Waals surface area contributed by atoms with Crippen LogP contribution in [-0.4, -0.2) is 12.5 Å². The summed E-state index contributed by atoms with van der Waals surface area (Å²) >= 11 is 6.22. The molecule has 138 valence electrons. The monoisotopic (exact) mass is 378 g/mol. The Labute approximate surface area is 165 Å². The number of hydrogen-bond acceptors (Lipinski definition) is 2. The molecule has 0 saturated carbocycles. The minimum absolute atomic E-state index is 0.0474. The predicted molar refractivity (Wildman–Crippen MR) is 111 cm³/mol. The maximum Gasteiger partial charge on any atom is 0.234 e. The summed E-state index contributed by atoms with van der Waals surface area (Å²) < 4.78 is 0. The minimum atomic E-state index is -0.153. The number of hydrogen-bond donors (Lipinski definition) is 2. The van der Waals surface area contributed by atoms with E-state index in [1.807, 2.05) is 67.6 Å². The Morgan fingerprint density at radius 2 is 1.37 bits per heavy atom. The Balaban J connectivity index is 1.67. The number of nitrogens with one attached hydrogen (secondary N) is 2. The number of benzene rings is 3. The van der Waals surface area contributed by atoms with Gasteiger partial charge < -0.3 is 5.32 Å². The fourth-order valence-electron chi connectivity index (χ4n) is 3.11. The van der Waals surface area contributed by atoms with Crippen molar-refractivity contribution < 1.29 is 4.79 Å². The van der Waals surface area contributed by atoms with Gasteiger partial charge in [-0.3, -0.25) is 10.1 Å². The van der Waals surface area contributed by atoms with Crippen molar-refractivity contribution in [1.82, 2.24) is 10.6 Å². The van der Waals surface area contributed by atoms with Crippen molar-refractivity contribution in [1.29, 1.82) is 0 Å². The van der Waals surface area contributed by atoms with E-state index in [4.69, 9.17) is 11.6 Å². The molecule has 27 heavy (non-hydrogen) atoms. The van der Waals surface area contributed by atoms with Gasteiger partial charge in [-0.2, -0.15) is 0 Å². The summed E-state index contributed by atoms with van der Waals surface area (Å²) in [7, 11) is 0. The van der Waals surface area contributed by atoms with Crippen LogP contribution in [0.15, 0.2) is 84.9 Å². The van der Waals surface area contributed by atoms with E-state index in [2.05, 4.69) is 34.9 Å². The van der Waals surface area contributed by atoms with Crippen LogP contribution in [0.25, 0.3) is 0 Å². The van der Waals surface area contributed by atoms with Crippen LogP contribution in [0.2, 0.25) is 5.02 Å². The summed E-state index contributed by atoms with van der Waals surface area (Å²) in [5.74, 6) is -0.0701. The molecule has 0 aliphatic heterocycles. The Bertz CT molecular complexity index is 828. The third-order valence-corrected chi connectivity index (χ3v) is 4.83. The van der Waals surface area contributed by atoms with E-state index in [0.717, 1.165) is 16.7 Å². The highest BCUT2D eigenvalue weighted by molar-refractivity contribution is 6.31. The van der Waals surface area contributed by atoms with Crippen LogP contribution in [-0.2, 0) is 4.79 Å². The average molecular weight is 379 g/mol. The van der Waals surface area contributed by atoms with Gasteiger partial charge in [-0.1, -0.05) is 90.5 Å². The van der Waals surface area contributed by atoms with Crippen molar-refractivity contribution >= 4 is 17.5 Å².